The van der Waals surface area contributed by atoms with E-state index in [4.69, 9.17) is 15.4 Å². The monoisotopic (exact) mass is 762 g/mol. The van der Waals surface area contributed by atoms with E-state index in [2.05, 4.69) is 30.9 Å². The van der Waals surface area contributed by atoms with Gasteiger partial charge in [-0.2, -0.15) is 40.2 Å². The normalized spacial score (nSPS) is 12.9. The summed E-state index contributed by atoms with van der Waals surface area (Å²) in [6.45, 7) is 9.07. The molecule has 4 aromatic rings. The Balaban J connectivity index is 1.86. The summed E-state index contributed by atoms with van der Waals surface area (Å²) in [4.78, 5) is 13.3. The van der Waals surface area contributed by atoms with Crippen molar-refractivity contribution in [3.8, 4) is 0 Å². The van der Waals surface area contributed by atoms with Gasteiger partial charge in [0.1, 0.15) is 17.0 Å². The van der Waals surface area contributed by atoms with Gasteiger partial charge in [0.25, 0.3) is 0 Å². The Morgan fingerprint density at radius 2 is 0.627 bits per heavy atom. The van der Waals surface area contributed by atoms with Crippen LogP contribution in [0, 0.1) is 0 Å². The van der Waals surface area contributed by atoms with Gasteiger partial charge in [0.2, 0.25) is 17.8 Å². The average Bonchev–Trinajstić information content (AvgIpc) is 2.95. The Labute approximate surface area is 298 Å². The molecule has 0 bridgehead atoms. The first-order chi connectivity index (χ1) is 23.4. The fourth-order valence-corrected chi connectivity index (χ4v) is 8.86. The summed E-state index contributed by atoms with van der Waals surface area (Å²) in [6.07, 6.45) is 0. The number of nitrogens with two attached hydrogens (primary N) is 3. The summed E-state index contributed by atoms with van der Waals surface area (Å²) in [5.74, 6) is -0.667. The van der Waals surface area contributed by atoms with Gasteiger partial charge in [-0.15, -0.1) is 0 Å². The molecule has 0 spiro atoms. The number of nitrogens with one attached hydrogen (secondary N) is 3. The summed E-state index contributed by atoms with van der Waals surface area (Å²) in [5.41, 5.74) is -3.94. The van der Waals surface area contributed by atoms with Crippen molar-refractivity contribution < 1.29 is 25.3 Å². The molecule has 3 aromatic carbocycles. The zero-order valence-electron chi connectivity index (χ0n) is 28.7. The third-order valence-corrected chi connectivity index (χ3v) is 10.7. The number of para-hydroxylation sites is 3. The molecule has 9 N–H and O–H groups in total. The predicted molar refractivity (Wildman–Crippen MR) is 199 cm³/mol. The van der Waals surface area contributed by atoms with E-state index in [0.29, 0.717) is 0 Å². The van der Waals surface area contributed by atoms with E-state index in [1.807, 2.05) is 0 Å². The first-order valence-electron chi connectivity index (χ1n) is 15.2. The van der Waals surface area contributed by atoms with E-state index in [1.54, 1.807) is 91.0 Å². The van der Waals surface area contributed by atoms with Gasteiger partial charge in [-0.1, -0.05) is 54.6 Å². The van der Waals surface area contributed by atoms with Crippen molar-refractivity contribution in [1.82, 2.24) is 15.0 Å². The number of benzene rings is 3. The maximum atomic E-state index is 12.9. The third kappa shape index (κ3) is 9.51. The van der Waals surface area contributed by atoms with Crippen LogP contribution in [0.4, 0.5) is 34.9 Å². The summed E-state index contributed by atoms with van der Waals surface area (Å²) < 4.78 is 80.3. The Morgan fingerprint density at radius 1 is 0.431 bits per heavy atom. The predicted octanol–water partition coefficient (Wildman–Crippen LogP) is 2.45. The van der Waals surface area contributed by atoms with Crippen molar-refractivity contribution in [1.29, 1.82) is 0 Å². The van der Waals surface area contributed by atoms with Gasteiger partial charge in [0, 0.05) is 0 Å². The Kier molecular flexibility index (Phi) is 10.8. The average molecular weight is 763 g/mol. The molecule has 1 aromatic heterocycles. The zero-order chi connectivity index (χ0) is 38.0. The van der Waals surface area contributed by atoms with Crippen LogP contribution in [-0.4, -0.2) is 57.2 Å². The van der Waals surface area contributed by atoms with Gasteiger partial charge in [-0.25, -0.2) is 28.3 Å². The summed E-state index contributed by atoms with van der Waals surface area (Å²) >= 11 is 0. The van der Waals surface area contributed by atoms with Crippen LogP contribution in [0.25, 0.3) is 0 Å². The molecule has 0 fully saturated rings. The number of aromatic nitrogens is 3. The van der Waals surface area contributed by atoms with Crippen molar-refractivity contribution in [3.05, 3.63) is 91.0 Å². The van der Waals surface area contributed by atoms with Crippen LogP contribution in [0.5, 0.6) is 0 Å². The van der Waals surface area contributed by atoms with Gasteiger partial charge in [0.15, 0.2) is 0 Å². The van der Waals surface area contributed by atoms with Gasteiger partial charge < -0.3 is 16.0 Å². The molecule has 0 amide bonds. The highest BCUT2D eigenvalue weighted by atomic mass is 32.2. The van der Waals surface area contributed by atoms with E-state index < -0.39 is 47.6 Å². The van der Waals surface area contributed by atoms with Crippen LogP contribution in [0.15, 0.2) is 91.0 Å². The molecule has 0 atom stereocenters. The molecule has 0 aliphatic heterocycles. The van der Waals surface area contributed by atoms with Crippen LogP contribution in [0.1, 0.15) is 41.5 Å². The molecule has 0 radical (unpaired) electrons. The molecule has 0 saturated heterocycles. The Bertz CT molecular complexity index is 1900. The van der Waals surface area contributed by atoms with Gasteiger partial charge in [-0.05, 0) is 77.9 Å². The van der Waals surface area contributed by atoms with E-state index in [1.165, 1.54) is 41.5 Å². The van der Waals surface area contributed by atoms with E-state index in [0.717, 1.165) is 12.9 Å². The maximum absolute atomic E-state index is 12.9. The minimum absolute atomic E-state index is 0.222. The van der Waals surface area contributed by atoms with Crippen molar-refractivity contribution in [2.24, 2.45) is 15.4 Å². The highest BCUT2D eigenvalue weighted by Gasteiger charge is 2.39. The quantitative estimate of drug-likeness (QED) is 0.0954. The van der Waals surface area contributed by atoms with Gasteiger partial charge >= 0.3 is 30.6 Å². The number of hydrogen-bond donors (Lipinski definition) is 6. The number of rotatable bonds is 15. The second-order valence-corrected chi connectivity index (χ2v) is 17.0. The first kappa shape index (κ1) is 39.0. The molecular formula is C30H42N12O6S3. The Morgan fingerprint density at radius 3 is 0.804 bits per heavy atom. The number of hydrogen-bond acceptors (Lipinski definition) is 12. The lowest BCUT2D eigenvalue weighted by atomic mass is 10.2. The summed E-state index contributed by atoms with van der Waals surface area (Å²) in [5, 5.41) is 25.9. The Hall–Kier alpha value is -4.80. The SMILES string of the molecule is CC(C)(Nc1nc(NC(C)(C)N(c2ccccc2)S(N)(=O)=O)nc(NC(C)(C)N(c2ccccc2)S(N)(=O)=O)n1)N(c1ccccc1)S(N)(=O)=O. The molecule has 18 nitrogen and oxygen atoms in total. The lowest BCUT2D eigenvalue weighted by Gasteiger charge is -2.40. The lowest BCUT2D eigenvalue weighted by Crippen LogP contribution is -2.57. The highest BCUT2D eigenvalue weighted by Crippen LogP contribution is 2.31. The van der Waals surface area contributed by atoms with Crippen LogP contribution in [-0.2, 0) is 30.6 Å². The standard InChI is InChI=1S/C30H42N12O6S3/c1-28(2,40(49(31,43)44)22-16-10-7-11-17-22)37-25-34-26(38-29(3,4)41(50(32,45)46)23-18-12-8-13-19-23)36-27(35-25)39-30(5,6)42(51(33,47)48)24-20-14-9-15-21-24/h7-21H,1-6H3,(H2,31,43,44)(H2,32,45,46)(H2,33,47,48)(H3,34,35,36,37,38,39). The van der Waals surface area contributed by atoms with E-state index in [-0.39, 0.29) is 34.9 Å². The minimum atomic E-state index is -4.40. The zero-order valence-corrected chi connectivity index (χ0v) is 31.2. The molecule has 0 aliphatic carbocycles. The molecule has 0 aliphatic rings. The maximum Gasteiger partial charge on any atom is 0.300 e. The largest absolute Gasteiger partial charge is 0.331 e. The van der Waals surface area contributed by atoms with E-state index >= 15 is 0 Å². The van der Waals surface area contributed by atoms with Gasteiger partial charge in [-0.3, -0.25) is 0 Å². The fraction of sp³-hybridized carbons (Fsp3) is 0.300. The van der Waals surface area contributed by atoms with Crippen LogP contribution >= 0.6 is 0 Å². The molecule has 21 heteroatoms. The van der Waals surface area contributed by atoms with Crippen molar-refractivity contribution in [3.63, 3.8) is 0 Å². The molecule has 4 rings (SSSR count). The molecule has 0 saturated carbocycles. The highest BCUT2D eigenvalue weighted by molar-refractivity contribution is 7.91. The number of anilines is 6. The molecule has 276 valence electrons. The van der Waals surface area contributed by atoms with Crippen molar-refractivity contribution in [2.75, 3.05) is 28.9 Å². The van der Waals surface area contributed by atoms with Crippen molar-refractivity contribution in [2.45, 2.75) is 58.5 Å². The molecule has 1 heterocycles. The summed E-state index contributed by atoms with van der Waals surface area (Å²) in [7, 11) is -13.2. The second-order valence-electron chi connectivity index (χ2n) is 12.8. The third-order valence-electron chi connectivity index (χ3n) is 7.15. The second kappa shape index (κ2) is 14.1. The first-order valence-corrected chi connectivity index (χ1v) is 19.7. The fourth-order valence-electron chi connectivity index (χ4n) is 5.57. The van der Waals surface area contributed by atoms with Crippen LogP contribution in [0.2, 0.25) is 0 Å². The smallest absolute Gasteiger partial charge is 0.300 e. The molecule has 51 heavy (non-hydrogen) atoms. The van der Waals surface area contributed by atoms with Gasteiger partial charge in [0.05, 0.1) is 17.1 Å². The van der Waals surface area contributed by atoms with E-state index in [9.17, 15) is 25.3 Å². The van der Waals surface area contributed by atoms with Crippen LogP contribution < -0.4 is 44.3 Å². The molecule has 0 unspecified atom stereocenters. The van der Waals surface area contributed by atoms with Crippen molar-refractivity contribution >= 4 is 65.5 Å². The molecular weight excluding hydrogens is 721 g/mol. The topological polar surface area (TPSA) is 265 Å². The minimum Gasteiger partial charge on any atom is -0.331 e. The van der Waals surface area contributed by atoms with Crippen LogP contribution in [0.3, 0.4) is 0 Å². The summed E-state index contributed by atoms with van der Waals surface area (Å²) in [6, 6.07) is 24.2. The number of nitrogens with zero attached hydrogens (tertiary/aromatic N) is 6. The lowest BCUT2D eigenvalue weighted by molar-refractivity contribution is 0.539.